The van der Waals surface area contributed by atoms with Crippen LogP contribution in [0.2, 0.25) is 0 Å². The Labute approximate surface area is 285 Å². The van der Waals surface area contributed by atoms with Crippen molar-refractivity contribution in [3.8, 4) is 0 Å². The first-order valence-corrected chi connectivity index (χ1v) is 19.9. The molecule has 0 N–H and O–H groups in total. The number of nitrogens with zero attached hydrogens (tertiary/aromatic N) is 1. The fourth-order valence-corrected chi connectivity index (χ4v) is 6.91. The lowest BCUT2D eigenvalue weighted by Gasteiger charge is -2.26. The molecule has 0 amide bonds. The third kappa shape index (κ3) is 26.7. The molecular formula is C42H80ClN. The Hall–Kier alpha value is -0.530. The van der Waals surface area contributed by atoms with E-state index in [1.165, 1.54) is 193 Å². The van der Waals surface area contributed by atoms with E-state index in [4.69, 9.17) is 0 Å². The first kappa shape index (κ1) is 43.5. The Balaban J connectivity index is 0.0000185. The van der Waals surface area contributed by atoms with E-state index < -0.39 is 0 Å². The Morgan fingerprint density at radius 3 is 1.02 bits per heavy atom. The van der Waals surface area contributed by atoms with Crippen LogP contribution in [0.4, 0.5) is 0 Å². The van der Waals surface area contributed by atoms with Gasteiger partial charge in [0.1, 0.15) is 6.54 Å². The van der Waals surface area contributed by atoms with E-state index in [0.29, 0.717) is 0 Å². The molecule has 0 aliphatic heterocycles. The monoisotopic (exact) mass is 634 g/mol. The highest BCUT2D eigenvalue weighted by atomic mass is 35.5. The maximum Gasteiger partial charge on any atom is 0.104 e. The van der Waals surface area contributed by atoms with Crippen LogP contribution in [0.5, 0.6) is 0 Å². The average molecular weight is 635 g/mol. The van der Waals surface area contributed by atoms with Crippen molar-refractivity contribution in [3.05, 3.63) is 34.9 Å². The Morgan fingerprint density at radius 1 is 0.386 bits per heavy atom. The second kappa shape index (κ2) is 31.1. The van der Waals surface area contributed by atoms with Crippen LogP contribution in [-0.2, 0) is 19.4 Å². The van der Waals surface area contributed by atoms with E-state index in [2.05, 4.69) is 53.2 Å². The van der Waals surface area contributed by atoms with Crippen LogP contribution in [0, 0.1) is 0 Å². The van der Waals surface area contributed by atoms with Crippen LogP contribution in [-0.4, -0.2) is 25.6 Å². The number of unbranched alkanes of at least 4 members (excludes halogenated alkanes) is 26. The number of quaternary nitrogens is 1. The molecule has 0 heterocycles. The van der Waals surface area contributed by atoms with Crippen LogP contribution < -0.4 is 12.4 Å². The van der Waals surface area contributed by atoms with Crippen molar-refractivity contribution in [2.75, 3.05) is 21.1 Å². The van der Waals surface area contributed by atoms with Crippen LogP contribution in [0.3, 0.4) is 0 Å². The average Bonchev–Trinajstić information content (AvgIpc) is 2.97. The van der Waals surface area contributed by atoms with Crippen LogP contribution in [0.25, 0.3) is 0 Å². The summed E-state index contributed by atoms with van der Waals surface area (Å²) in [5, 5.41) is 0. The third-order valence-electron chi connectivity index (χ3n) is 9.59. The second-order valence-corrected chi connectivity index (χ2v) is 15.2. The molecule has 1 aromatic rings. The summed E-state index contributed by atoms with van der Waals surface area (Å²) in [5.41, 5.74) is 4.99. The molecule has 0 radical (unpaired) electrons. The van der Waals surface area contributed by atoms with Gasteiger partial charge in [-0.05, 0) is 36.8 Å². The highest BCUT2D eigenvalue weighted by molar-refractivity contribution is 5.35. The minimum Gasteiger partial charge on any atom is -1.00 e. The van der Waals surface area contributed by atoms with Crippen molar-refractivity contribution in [1.82, 2.24) is 0 Å². The molecule has 0 saturated heterocycles. The first-order valence-electron chi connectivity index (χ1n) is 19.9. The lowest BCUT2D eigenvalue weighted by Crippen LogP contribution is -3.00. The molecule has 0 spiro atoms. The second-order valence-electron chi connectivity index (χ2n) is 15.2. The number of rotatable bonds is 32. The fourth-order valence-electron chi connectivity index (χ4n) is 6.91. The molecule has 0 aliphatic rings. The summed E-state index contributed by atoms with van der Waals surface area (Å²) >= 11 is 0. The molecule has 0 aromatic heterocycles. The van der Waals surface area contributed by atoms with Gasteiger partial charge in [-0.25, -0.2) is 0 Å². The zero-order valence-electron chi connectivity index (χ0n) is 31.0. The van der Waals surface area contributed by atoms with Gasteiger partial charge >= 0.3 is 0 Å². The Kier molecular flexibility index (Phi) is 30.7. The minimum absolute atomic E-state index is 0. The summed E-state index contributed by atoms with van der Waals surface area (Å²) in [6, 6.07) is 7.23. The Morgan fingerprint density at radius 2 is 0.682 bits per heavy atom. The van der Waals surface area contributed by atoms with Crippen molar-refractivity contribution in [1.29, 1.82) is 0 Å². The fraction of sp³-hybridized carbons (Fsp3) is 0.857. The summed E-state index contributed by atoms with van der Waals surface area (Å²) in [4.78, 5) is 0. The normalized spacial score (nSPS) is 11.7. The highest BCUT2D eigenvalue weighted by Gasteiger charge is 2.15. The van der Waals surface area contributed by atoms with Gasteiger partial charge in [0.2, 0.25) is 0 Å². The topological polar surface area (TPSA) is 0 Å². The zero-order chi connectivity index (χ0) is 31.3. The summed E-state index contributed by atoms with van der Waals surface area (Å²) in [5.74, 6) is 0. The molecular weight excluding hydrogens is 554 g/mol. The van der Waals surface area contributed by atoms with Crippen molar-refractivity contribution < 1.29 is 16.9 Å². The van der Waals surface area contributed by atoms with Gasteiger partial charge in [-0.1, -0.05) is 199 Å². The molecule has 0 unspecified atom stereocenters. The summed E-state index contributed by atoms with van der Waals surface area (Å²) in [7, 11) is 7.03. The summed E-state index contributed by atoms with van der Waals surface area (Å²) < 4.78 is 1.02. The van der Waals surface area contributed by atoms with E-state index in [-0.39, 0.29) is 12.4 Å². The van der Waals surface area contributed by atoms with Gasteiger partial charge in [-0.15, -0.1) is 0 Å². The molecule has 260 valence electrons. The van der Waals surface area contributed by atoms with Gasteiger partial charge in [-0.3, -0.25) is 0 Å². The minimum atomic E-state index is 0. The first-order chi connectivity index (χ1) is 21.0. The molecule has 0 atom stereocenters. The lowest BCUT2D eigenvalue weighted by atomic mass is 9.92. The summed E-state index contributed by atoms with van der Waals surface area (Å²) in [6.45, 7) is 5.77. The van der Waals surface area contributed by atoms with Crippen molar-refractivity contribution in [2.24, 2.45) is 0 Å². The van der Waals surface area contributed by atoms with Crippen LogP contribution in [0.15, 0.2) is 18.2 Å². The summed E-state index contributed by atoms with van der Waals surface area (Å²) in [6.07, 6.45) is 42.9. The molecule has 2 heteroatoms. The van der Waals surface area contributed by atoms with Crippen molar-refractivity contribution in [2.45, 2.75) is 213 Å². The van der Waals surface area contributed by atoms with Gasteiger partial charge in [-0.2, -0.15) is 0 Å². The number of halogens is 1. The quantitative estimate of drug-likeness (QED) is 0.0547. The SMILES string of the molecule is CCCCCCCCCCCCCCCCc1cccc(C[N+](C)(C)C)c1CCCCCCCCCCCCCCCC.[Cl-]. The molecule has 44 heavy (non-hydrogen) atoms. The number of aryl methyl sites for hydroxylation is 1. The van der Waals surface area contributed by atoms with Crippen molar-refractivity contribution in [3.63, 3.8) is 0 Å². The smallest absolute Gasteiger partial charge is 0.104 e. The zero-order valence-corrected chi connectivity index (χ0v) is 31.7. The van der Waals surface area contributed by atoms with E-state index >= 15 is 0 Å². The third-order valence-corrected chi connectivity index (χ3v) is 9.59. The molecule has 1 aromatic carbocycles. The van der Waals surface area contributed by atoms with Crippen molar-refractivity contribution >= 4 is 0 Å². The molecule has 0 aliphatic carbocycles. The molecule has 0 fully saturated rings. The maximum atomic E-state index is 2.46. The maximum absolute atomic E-state index is 2.46. The predicted molar refractivity (Wildman–Crippen MR) is 196 cm³/mol. The van der Waals surface area contributed by atoms with Gasteiger partial charge in [0.15, 0.2) is 0 Å². The van der Waals surface area contributed by atoms with E-state index in [1.54, 1.807) is 16.7 Å². The van der Waals surface area contributed by atoms with E-state index in [0.717, 1.165) is 11.0 Å². The Bertz CT molecular complexity index is 721. The molecule has 0 saturated carbocycles. The number of hydrogen-bond donors (Lipinski definition) is 0. The van der Waals surface area contributed by atoms with E-state index in [9.17, 15) is 0 Å². The number of benzene rings is 1. The largest absolute Gasteiger partial charge is 1.00 e. The molecule has 1 nitrogen and oxygen atoms in total. The lowest BCUT2D eigenvalue weighted by molar-refractivity contribution is -0.884. The molecule has 0 bridgehead atoms. The van der Waals surface area contributed by atoms with Crippen LogP contribution in [0.1, 0.15) is 210 Å². The standard InChI is InChI=1S/C42H80N.ClH/c1-6-8-10-12-14-16-18-20-22-24-26-28-30-32-35-40-36-34-37-41(39-43(3,4)5)42(40)38-33-31-29-27-25-23-21-19-17-15-13-11-9-7-2;/h34,36-37H,6-33,35,38-39H2,1-5H3;1H/q+1;/p-1. The van der Waals surface area contributed by atoms with Gasteiger partial charge in [0.25, 0.3) is 0 Å². The van der Waals surface area contributed by atoms with Gasteiger partial charge in [0, 0.05) is 5.56 Å². The van der Waals surface area contributed by atoms with Crippen LogP contribution >= 0.6 is 0 Å². The predicted octanol–water partition coefficient (Wildman–Crippen LogP) is 10.9. The molecule has 1 rings (SSSR count). The van der Waals surface area contributed by atoms with Gasteiger partial charge < -0.3 is 16.9 Å². The number of hydrogen-bond acceptors (Lipinski definition) is 0. The highest BCUT2D eigenvalue weighted by Crippen LogP contribution is 2.24. The van der Waals surface area contributed by atoms with E-state index in [1.807, 2.05) is 0 Å². The van der Waals surface area contributed by atoms with Gasteiger partial charge in [0.05, 0.1) is 21.1 Å².